The molecule has 1 aromatic rings. The Labute approximate surface area is 126 Å². The normalized spacial score (nSPS) is 22.2. The van der Waals surface area contributed by atoms with Crippen LogP contribution in [0.4, 0.5) is 5.69 Å². The molecule has 0 saturated heterocycles. The first-order valence-electron chi connectivity index (χ1n) is 7.37. The molecule has 1 aliphatic rings. The smallest absolute Gasteiger partial charge is 0.244 e. The molecule has 0 aliphatic heterocycles. The van der Waals surface area contributed by atoms with E-state index in [4.69, 9.17) is 4.74 Å². The number of unbranched alkanes of at least 4 members (excludes halogenated alkanes) is 1. The molecule has 0 bridgehead atoms. The maximum Gasteiger partial charge on any atom is 0.244 e. The summed E-state index contributed by atoms with van der Waals surface area (Å²) in [5.41, 5.74) is 0.967. The molecule has 2 rings (SSSR count). The van der Waals surface area contributed by atoms with E-state index in [9.17, 15) is 5.21 Å². The fourth-order valence-corrected chi connectivity index (χ4v) is 2.36. The molecule has 0 heterocycles. The summed E-state index contributed by atoms with van der Waals surface area (Å²) in [4.78, 5) is 0.655. The number of hydrogen-bond donors (Lipinski definition) is 0. The third-order valence-electron chi connectivity index (χ3n) is 3.76. The minimum Gasteiger partial charge on any atom is -0.594 e. The summed E-state index contributed by atoms with van der Waals surface area (Å²) in [6, 6.07) is 9.00. The average Bonchev–Trinajstić information content (AvgIpc) is 2.55. The largest absolute Gasteiger partial charge is 0.594 e. The molecule has 0 amide bonds. The zero-order valence-electron chi connectivity index (χ0n) is 12.7. The number of nitrogens with zero attached hydrogens (tertiary/aromatic N) is 2. The molecule has 112 valence electrons. The van der Waals surface area contributed by atoms with E-state index in [-0.39, 0.29) is 5.60 Å². The summed E-state index contributed by atoms with van der Waals surface area (Å²) in [5.74, 6) is 0. The Morgan fingerprint density at radius 1 is 1.33 bits per heavy atom. The van der Waals surface area contributed by atoms with Crippen LogP contribution >= 0.6 is 0 Å². The number of allylic oxidation sites excluding steroid dienone is 1. The number of azo groups is 1. The minimum atomic E-state index is -0.241. The van der Waals surface area contributed by atoms with Crippen LogP contribution < -0.4 is 0 Å². The van der Waals surface area contributed by atoms with Gasteiger partial charge in [-0.3, -0.25) is 0 Å². The van der Waals surface area contributed by atoms with Crippen LogP contribution in [0.5, 0.6) is 0 Å². The highest BCUT2D eigenvalue weighted by molar-refractivity contribution is 5.29. The van der Waals surface area contributed by atoms with Gasteiger partial charge in [0.1, 0.15) is 5.70 Å². The van der Waals surface area contributed by atoms with Gasteiger partial charge in [0, 0.05) is 30.8 Å². The molecule has 0 N–H and O–H groups in total. The van der Waals surface area contributed by atoms with Crippen LogP contribution in [0.25, 0.3) is 0 Å². The van der Waals surface area contributed by atoms with Crippen molar-refractivity contribution >= 4 is 5.69 Å². The van der Waals surface area contributed by atoms with Crippen molar-refractivity contribution in [2.24, 2.45) is 5.11 Å². The Morgan fingerprint density at radius 3 is 2.67 bits per heavy atom. The summed E-state index contributed by atoms with van der Waals surface area (Å²) in [6.45, 7) is 2.17. The molecule has 21 heavy (non-hydrogen) atoms. The molecular formula is C17H22N2O2. The first-order valence-corrected chi connectivity index (χ1v) is 7.37. The van der Waals surface area contributed by atoms with E-state index in [0.717, 1.165) is 25.7 Å². The van der Waals surface area contributed by atoms with Crippen molar-refractivity contribution in [2.75, 3.05) is 7.11 Å². The van der Waals surface area contributed by atoms with Crippen molar-refractivity contribution in [1.82, 2.24) is 0 Å². The van der Waals surface area contributed by atoms with E-state index in [1.54, 1.807) is 19.2 Å². The van der Waals surface area contributed by atoms with Crippen LogP contribution in [0, 0.1) is 5.21 Å². The first-order chi connectivity index (χ1) is 10.2. The molecule has 4 heteroatoms. The molecule has 0 fully saturated rings. The van der Waals surface area contributed by atoms with Crippen molar-refractivity contribution in [3.63, 3.8) is 0 Å². The number of ether oxygens (including phenoxy) is 1. The van der Waals surface area contributed by atoms with Gasteiger partial charge in [-0.05, 0) is 18.6 Å². The Bertz CT molecular complexity index is 549. The highest BCUT2D eigenvalue weighted by atomic mass is 16.5. The van der Waals surface area contributed by atoms with Gasteiger partial charge in [0.15, 0.2) is 0 Å². The lowest BCUT2D eigenvalue weighted by atomic mass is 9.89. The Hall–Kier alpha value is -1.94. The molecule has 1 aliphatic carbocycles. The molecule has 1 aromatic carbocycles. The van der Waals surface area contributed by atoms with Crippen LogP contribution in [0.15, 0.2) is 59.4 Å². The molecule has 1 unspecified atom stereocenters. The Kier molecular flexibility index (Phi) is 5.28. The van der Waals surface area contributed by atoms with Crippen molar-refractivity contribution in [2.45, 2.75) is 38.2 Å². The van der Waals surface area contributed by atoms with Crippen LogP contribution in [-0.4, -0.2) is 17.6 Å². The summed E-state index contributed by atoms with van der Waals surface area (Å²) < 4.78 is 5.65. The van der Waals surface area contributed by atoms with Gasteiger partial charge in [-0.15, -0.1) is 0 Å². The maximum absolute atomic E-state index is 12.0. The van der Waals surface area contributed by atoms with E-state index < -0.39 is 0 Å². The predicted molar refractivity (Wildman–Crippen MR) is 83.3 cm³/mol. The quantitative estimate of drug-likeness (QED) is 0.432. The number of hydrogen-bond acceptors (Lipinski definition) is 3. The highest BCUT2D eigenvalue weighted by Crippen LogP contribution is 2.30. The van der Waals surface area contributed by atoms with Gasteiger partial charge >= 0.3 is 0 Å². The number of rotatable bonds is 6. The average molecular weight is 286 g/mol. The SMILES string of the molecule is CCCCC1(OC)C=CC(N=[N+]([O-])c2ccccc2)=CC1. The van der Waals surface area contributed by atoms with Crippen molar-refractivity contribution in [1.29, 1.82) is 0 Å². The maximum atomic E-state index is 12.0. The highest BCUT2D eigenvalue weighted by Gasteiger charge is 2.27. The second kappa shape index (κ2) is 7.18. The van der Waals surface area contributed by atoms with E-state index >= 15 is 0 Å². The van der Waals surface area contributed by atoms with Gasteiger partial charge in [-0.1, -0.05) is 48.9 Å². The van der Waals surface area contributed by atoms with E-state index in [1.807, 2.05) is 36.4 Å². The molecule has 0 saturated carbocycles. The molecular weight excluding hydrogens is 264 g/mol. The number of benzene rings is 1. The van der Waals surface area contributed by atoms with Crippen molar-refractivity contribution in [3.8, 4) is 0 Å². The monoisotopic (exact) mass is 286 g/mol. The standard InChI is InChI=1S/C17H22N2O2/c1-3-4-12-17(21-2)13-10-15(11-14-17)18-19(20)16-8-6-5-7-9-16/h5-11,13H,3-4,12,14H2,1-2H3. The van der Waals surface area contributed by atoms with Crippen molar-refractivity contribution in [3.05, 3.63) is 59.5 Å². The minimum absolute atomic E-state index is 0.241. The van der Waals surface area contributed by atoms with Crippen molar-refractivity contribution < 1.29 is 9.60 Å². The van der Waals surface area contributed by atoms with E-state index in [2.05, 4.69) is 12.0 Å². The summed E-state index contributed by atoms with van der Waals surface area (Å²) in [5, 5.41) is 16.0. The zero-order chi connectivity index (χ0) is 15.1. The number of methoxy groups -OCH3 is 1. The molecule has 0 spiro atoms. The fraction of sp³-hybridized carbons (Fsp3) is 0.412. The van der Waals surface area contributed by atoms with Crippen LogP contribution in [0.1, 0.15) is 32.6 Å². The van der Waals surface area contributed by atoms with Gasteiger partial charge in [-0.2, -0.15) is 0 Å². The summed E-state index contributed by atoms with van der Waals surface area (Å²) in [7, 11) is 1.74. The van der Waals surface area contributed by atoms with Gasteiger partial charge in [0.05, 0.1) is 5.60 Å². The van der Waals surface area contributed by atoms with Gasteiger partial charge < -0.3 is 9.94 Å². The van der Waals surface area contributed by atoms with Crippen LogP contribution in [0.2, 0.25) is 0 Å². The number of para-hydroxylation sites is 1. The lowest BCUT2D eigenvalue weighted by Gasteiger charge is -2.30. The lowest BCUT2D eigenvalue weighted by Crippen LogP contribution is -2.29. The third-order valence-corrected chi connectivity index (χ3v) is 3.76. The van der Waals surface area contributed by atoms with Gasteiger partial charge in [0.25, 0.3) is 0 Å². The van der Waals surface area contributed by atoms with Gasteiger partial charge in [-0.25, -0.2) is 0 Å². The van der Waals surface area contributed by atoms with Crippen LogP contribution in [0.3, 0.4) is 0 Å². The molecule has 0 radical (unpaired) electrons. The summed E-state index contributed by atoms with van der Waals surface area (Å²) >= 11 is 0. The molecule has 0 aromatic heterocycles. The Morgan fingerprint density at radius 2 is 2.10 bits per heavy atom. The first kappa shape index (κ1) is 15.4. The van der Waals surface area contributed by atoms with E-state index in [0.29, 0.717) is 16.2 Å². The molecule has 1 atom stereocenters. The zero-order valence-corrected chi connectivity index (χ0v) is 12.7. The fourth-order valence-electron chi connectivity index (χ4n) is 2.36. The predicted octanol–water partition coefficient (Wildman–Crippen LogP) is 4.70. The molecule has 4 nitrogen and oxygen atoms in total. The third kappa shape index (κ3) is 4.02. The second-order valence-electron chi connectivity index (χ2n) is 5.25. The van der Waals surface area contributed by atoms with Gasteiger partial charge in [0.2, 0.25) is 5.69 Å². The lowest BCUT2D eigenvalue weighted by molar-refractivity contribution is -0.437. The summed E-state index contributed by atoms with van der Waals surface area (Å²) in [6.07, 6.45) is 9.86. The Balaban J connectivity index is 2.08. The van der Waals surface area contributed by atoms with E-state index in [1.165, 1.54) is 0 Å². The second-order valence-corrected chi connectivity index (χ2v) is 5.25. The topological polar surface area (TPSA) is 47.7 Å². The van der Waals surface area contributed by atoms with Crippen LogP contribution in [-0.2, 0) is 4.74 Å².